The van der Waals surface area contributed by atoms with E-state index in [2.05, 4.69) is 46.6 Å². The lowest BCUT2D eigenvalue weighted by Crippen LogP contribution is -2.33. The molecule has 0 spiro atoms. The van der Waals surface area contributed by atoms with E-state index in [4.69, 9.17) is 4.74 Å². The topological polar surface area (TPSA) is 24.5 Å². The van der Waals surface area contributed by atoms with Gasteiger partial charge in [-0.3, -0.25) is 4.90 Å². The Kier molecular flexibility index (Phi) is 5.30. The van der Waals surface area contributed by atoms with Gasteiger partial charge in [-0.2, -0.15) is 0 Å². The molecule has 1 N–H and O–H groups in total. The Balaban J connectivity index is 1.70. The molecular formula is C19H26N2O. The molecule has 118 valence electrons. The van der Waals surface area contributed by atoms with Crippen LogP contribution in [-0.4, -0.2) is 38.2 Å². The van der Waals surface area contributed by atoms with Gasteiger partial charge in [-0.1, -0.05) is 36.8 Å². The number of likely N-dealkylation sites (tertiary alicyclic amines) is 1. The molecule has 1 heterocycles. The summed E-state index contributed by atoms with van der Waals surface area (Å²) < 4.78 is 6.12. The Morgan fingerprint density at radius 3 is 2.68 bits per heavy atom. The summed E-state index contributed by atoms with van der Waals surface area (Å²) in [4.78, 5) is 2.52. The van der Waals surface area contributed by atoms with Crippen LogP contribution >= 0.6 is 0 Å². The first-order chi connectivity index (χ1) is 10.9. The molecule has 2 aromatic carbocycles. The zero-order valence-corrected chi connectivity index (χ0v) is 13.5. The number of fused-ring (bicyclic) bond motifs is 1. The number of hydrogen-bond acceptors (Lipinski definition) is 3. The average molecular weight is 298 g/mol. The molecule has 3 heteroatoms. The standard InChI is InChI=1S/C19H26N2O/c1-20-15-18-17-8-4-3-7-16(17)9-10-19(18)22-14-13-21-11-5-2-6-12-21/h3-4,7-10,20H,2,5-6,11-15H2,1H3. The zero-order chi connectivity index (χ0) is 15.2. The van der Waals surface area contributed by atoms with Crippen LogP contribution in [0.3, 0.4) is 0 Å². The van der Waals surface area contributed by atoms with Gasteiger partial charge in [0, 0.05) is 18.7 Å². The fraction of sp³-hybridized carbons (Fsp3) is 0.474. The van der Waals surface area contributed by atoms with E-state index in [1.54, 1.807) is 0 Å². The Morgan fingerprint density at radius 1 is 1.05 bits per heavy atom. The van der Waals surface area contributed by atoms with Gasteiger partial charge in [-0.05, 0) is 49.8 Å². The van der Waals surface area contributed by atoms with Crippen molar-refractivity contribution in [3.8, 4) is 5.75 Å². The number of piperidine rings is 1. The molecule has 0 bridgehead atoms. The molecule has 0 radical (unpaired) electrons. The van der Waals surface area contributed by atoms with Crippen LogP contribution in [0.2, 0.25) is 0 Å². The lowest BCUT2D eigenvalue weighted by Gasteiger charge is -2.26. The third-order valence-corrected chi connectivity index (χ3v) is 4.46. The van der Waals surface area contributed by atoms with Gasteiger partial charge in [0.15, 0.2) is 0 Å². The van der Waals surface area contributed by atoms with Crippen molar-refractivity contribution in [2.24, 2.45) is 0 Å². The van der Waals surface area contributed by atoms with Gasteiger partial charge in [-0.25, -0.2) is 0 Å². The van der Waals surface area contributed by atoms with Crippen LogP contribution in [0, 0.1) is 0 Å². The lowest BCUT2D eigenvalue weighted by atomic mass is 10.0. The minimum atomic E-state index is 0.773. The molecule has 0 saturated carbocycles. The van der Waals surface area contributed by atoms with E-state index >= 15 is 0 Å². The second-order valence-electron chi connectivity index (χ2n) is 6.04. The molecule has 0 aromatic heterocycles. The third kappa shape index (κ3) is 3.60. The molecule has 1 fully saturated rings. The quantitative estimate of drug-likeness (QED) is 0.884. The highest BCUT2D eigenvalue weighted by atomic mass is 16.5. The monoisotopic (exact) mass is 298 g/mol. The Labute approximate surface area is 133 Å². The molecule has 3 rings (SSSR count). The highest BCUT2D eigenvalue weighted by Gasteiger charge is 2.11. The van der Waals surface area contributed by atoms with E-state index in [-0.39, 0.29) is 0 Å². The van der Waals surface area contributed by atoms with Gasteiger partial charge in [-0.15, -0.1) is 0 Å². The number of nitrogens with one attached hydrogen (secondary N) is 1. The maximum Gasteiger partial charge on any atom is 0.124 e. The smallest absolute Gasteiger partial charge is 0.124 e. The van der Waals surface area contributed by atoms with E-state index in [0.717, 1.165) is 25.4 Å². The van der Waals surface area contributed by atoms with Crippen LogP contribution in [0.4, 0.5) is 0 Å². The van der Waals surface area contributed by atoms with Crippen molar-refractivity contribution >= 4 is 10.8 Å². The maximum atomic E-state index is 6.12. The van der Waals surface area contributed by atoms with Crippen molar-refractivity contribution in [3.05, 3.63) is 42.0 Å². The highest BCUT2D eigenvalue weighted by Crippen LogP contribution is 2.28. The Morgan fingerprint density at radius 2 is 1.86 bits per heavy atom. The first-order valence-corrected chi connectivity index (χ1v) is 8.39. The predicted octanol–water partition coefficient (Wildman–Crippen LogP) is 3.42. The van der Waals surface area contributed by atoms with Crippen LogP contribution < -0.4 is 10.1 Å². The second kappa shape index (κ2) is 7.61. The maximum absolute atomic E-state index is 6.12. The van der Waals surface area contributed by atoms with E-state index < -0.39 is 0 Å². The lowest BCUT2D eigenvalue weighted by molar-refractivity contribution is 0.183. The summed E-state index contributed by atoms with van der Waals surface area (Å²) in [5.41, 5.74) is 1.26. The van der Waals surface area contributed by atoms with E-state index in [0.29, 0.717) is 0 Å². The van der Waals surface area contributed by atoms with Crippen molar-refractivity contribution in [1.29, 1.82) is 0 Å². The summed E-state index contributed by atoms with van der Waals surface area (Å²) in [7, 11) is 1.99. The molecule has 1 aliphatic heterocycles. The fourth-order valence-electron chi connectivity index (χ4n) is 3.28. The fourth-order valence-corrected chi connectivity index (χ4v) is 3.28. The number of benzene rings is 2. The van der Waals surface area contributed by atoms with Crippen molar-refractivity contribution in [3.63, 3.8) is 0 Å². The average Bonchev–Trinajstić information content (AvgIpc) is 2.58. The highest BCUT2D eigenvalue weighted by molar-refractivity contribution is 5.87. The van der Waals surface area contributed by atoms with Crippen LogP contribution in [-0.2, 0) is 6.54 Å². The van der Waals surface area contributed by atoms with Crippen molar-refractivity contribution in [1.82, 2.24) is 10.2 Å². The van der Waals surface area contributed by atoms with Crippen molar-refractivity contribution < 1.29 is 4.74 Å². The summed E-state index contributed by atoms with van der Waals surface area (Å²) in [6.07, 6.45) is 4.05. The van der Waals surface area contributed by atoms with Gasteiger partial charge in [0.1, 0.15) is 12.4 Å². The number of ether oxygens (including phenoxy) is 1. The SMILES string of the molecule is CNCc1c(OCCN2CCCCC2)ccc2ccccc12. The van der Waals surface area contributed by atoms with Crippen LogP contribution in [0.15, 0.2) is 36.4 Å². The van der Waals surface area contributed by atoms with Crippen LogP contribution in [0.5, 0.6) is 5.75 Å². The molecule has 0 unspecified atom stereocenters. The first-order valence-electron chi connectivity index (χ1n) is 8.39. The van der Waals surface area contributed by atoms with E-state index in [9.17, 15) is 0 Å². The van der Waals surface area contributed by atoms with Gasteiger partial charge < -0.3 is 10.1 Å². The third-order valence-electron chi connectivity index (χ3n) is 4.46. The van der Waals surface area contributed by atoms with Crippen LogP contribution in [0.25, 0.3) is 10.8 Å². The molecule has 2 aromatic rings. The Hall–Kier alpha value is -1.58. The first kappa shape index (κ1) is 15.3. The summed E-state index contributed by atoms with van der Waals surface area (Å²) in [6, 6.07) is 12.8. The zero-order valence-electron chi connectivity index (χ0n) is 13.5. The largest absolute Gasteiger partial charge is 0.492 e. The number of nitrogens with zero attached hydrogens (tertiary/aromatic N) is 1. The predicted molar refractivity (Wildman–Crippen MR) is 92.5 cm³/mol. The molecule has 22 heavy (non-hydrogen) atoms. The summed E-state index contributed by atoms with van der Waals surface area (Å²) >= 11 is 0. The molecular weight excluding hydrogens is 272 g/mol. The number of hydrogen-bond donors (Lipinski definition) is 1. The summed E-state index contributed by atoms with van der Waals surface area (Å²) in [6.45, 7) is 5.09. The summed E-state index contributed by atoms with van der Waals surface area (Å²) in [5, 5.41) is 5.82. The van der Waals surface area contributed by atoms with Crippen molar-refractivity contribution in [2.75, 3.05) is 33.3 Å². The summed E-state index contributed by atoms with van der Waals surface area (Å²) in [5.74, 6) is 1.02. The molecule has 0 atom stereocenters. The van der Waals surface area contributed by atoms with Gasteiger partial charge in [0.05, 0.1) is 0 Å². The molecule has 1 aliphatic rings. The minimum Gasteiger partial charge on any atom is -0.492 e. The molecule has 0 amide bonds. The minimum absolute atomic E-state index is 0.773. The molecule has 0 aliphatic carbocycles. The molecule has 1 saturated heterocycles. The van der Waals surface area contributed by atoms with Crippen LogP contribution in [0.1, 0.15) is 24.8 Å². The van der Waals surface area contributed by atoms with Gasteiger partial charge >= 0.3 is 0 Å². The second-order valence-corrected chi connectivity index (χ2v) is 6.04. The van der Waals surface area contributed by atoms with Gasteiger partial charge in [0.25, 0.3) is 0 Å². The molecule has 3 nitrogen and oxygen atoms in total. The van der Waals surface area contributed by atoms with E-state index in [1.165, 1.54) is 48.7 Å². The number of rotatable bonds is 6. The normalized spacial score (nSPS) is 16.0. The Bertz CT molecular complexity index is 605. The van der Waals surface area contributed by atoms with Crippen molar-refractivity contribution in [2.45, 2.75) is 25.8 Å². The van der Waals surface area contributed by atoms with Gasteiger partial charge in [0.2, 0.25) is 0 Å². The van der Waals surface area contributed by atoms with E-state index in [1.807, 2.05) is 7.05 Å².